The molecule has 0 aliphatic carbocycles. The Balaban J connectivity index is 1.75. The van der Waals surface area contributed by atoms with Crippen LogP contribution in [0.15, 0.2) is 29.6 Å². The lowest BCUT2D eigenvalue weighted by Crippen LogP contribution is -2.45. The average Bonchev–Trinajstić information content (AvgIpc) is 2.95. The fourth-order valence-electron chi connectivity index (χ4n) is 2.71. The first-order chi connectivity index (χ1) is 10.7. The van der Waals surface area contributed by atoms with Gasteiger partial charge in [0.05, 0.1) is 18.2 Å². The van der Waals surface area contributed by atoms with E-state index in [1.54, 1.807) is 18.4 Å². The molecule has 2 aromatic rings. The van der Waals surface area contributed by atoms with Crippen molar-refractivity contribution in [3.63, 3.8) is 0 Å². The van der Waals surface area contributed by atoms with Gasteiger partial charge in [0.15, 0.2) is 0 Å². The van der Waals surface area contributed by atoms with Crippen LogP contribution in [0.2, 0.25) is 0 Å². The van der Waals surface area contributed by atoms with Gasteiger partial charge in [-0.3, -0.25) is 4.79 Å². The molecule has 1 atom stereocenters. The number of hydrogen-bond acceptors (Lipinski definition) is 4. The fourth-order valence-corrected chi connectivity index (χ4v) is 3.58. The van der Waals surface area contributed by atoms with Gasteiger partial charge in [-0.25, -0.2) is 4.98 Å². The van der Waals surface area contributed by atoms with Crippen LogP contribution in [0.3, 0.4) is 0 Å². The second-order valence-electron chi connectivity index (χ2n) is 5.46. The predicted molar refractivity (Wildman–Crippen MR) is 87.5 cm³/mol. The molecule has 0 spiro atoms. The van der Waals surface area contributed by atoms with Crippen LogP contribution >= 0.6 is 11.3 Å². The molecule has 1 aliphatic rings. The summed E-state index contributed by atoms with van der Waals surface area (Å²) in [7, 11) is 1.66. The number of aromatic nitrogens is 1. The van der Waals surface area contributed by atoms with Crippen molar-refractivity contribution >= 4 is 17.2 Å². The van der Waals surface area contributed by atoms with Gasteiger partial charge in [-0.05, 0) is 37.0 Å². The highest BCUT2D eigenvalue weighted by atomic mass is 32.1. The molecule has 0 radical (unpaired) electrons. The summed E-state index contributed by atoms with van der Waals surface area (Å²) < 4.78 is 5.27. The first kappa shape index (κ1) is 15.0. The van der Waals surface area contributed by atoms with Crippen LogP contribution in [-0.2, 0) is 6.42 Å². The van der Waals surface area contributed by atoms with Crippen molar-refractivity contribution in [2.75, 3.05) is 13.7 Å². The van der Waals surface area contributed by atoms with E-state index in [0.29, 0.717) is 5.69 Å². The predicted octanol–water partition coefficient (Wildman–Crippen LogP) is 3.69. The third-order valence-electron chi connectivity index (χ3n) is 3.99. The van der Waals surface area contributed by atoms with E-state index >= 15 is 0 Å². The summed E-state index contributed by atoms with van der Waals surface area (Å²) in [5.74, 6) is 0.869. The highest BCUT2D eigenvalue weighted by Gasteiger charge is 2.34. The molecular weight excluding hydrogens is 296 g/mol. The smallest absolute Gasteiger partial charge is 0.273 e. The van der Waals surface area contributed by atoms with Crippen molar-refractivity contribution in [2.24, 2.45) is 0 Å². The number of hydrogen-bond donors (Lipinski definition) is 0. The van der Waals surface area contributed by atoms with Crippen molar-refractivity contribution < 1.29 is 9.53 Å². The largest absolute Gasteiger partial charge is 0.497 e. The molecule has 0 bridgehead atoms. The molecule has 3 rings (SSSR count). The number of rotatable bonds is 5. The molecule has 1 saturated heterocycles. The number of thiazole rings is 1. The van der Waals surface area contributed by atoms with Crippen molar-refractivity contribution in [2.45, 2.75) is 32.2 Å². The molecule has 116 valence electrons. The first-order valence-electron chi connectivity index (χ1n) is 7.62. The molecular formula is C17H20N2O2S. The minimum absolute atomic E-state index is 0.0395. The van der Waals surface area contributed by atoms with Crippen molar-refractivity contribution in [3.8, 4) is 5.75 Å². The van der Waals surface area contributed by atoms with E-state index in [2.05, 4.69) is 18.0 Å². The fraction of sp³-hybridized carbons (Fsp3) is 0.412. The third kappa shape index (κ3) is 2.86. The summed E-state index contributed by atoms with van der Waals surface area (Å²) in [6, 6.07) is 8.09. The monoisotopic (exact) mass is 316 g/mol. The molecule has 1 unspecified atom stereocenters. The molecule has 0 saturated carbocycles. The molecule has 1 aliphatic heterocycles. The topological polar surface area (TPSA) is 42.4 Å². The van der Waals surface area contributed by atoms with Gasteiger partial charge in [-0.15, -0.1) is 11.3 Å². The minimum Gasteiger partial charge on any atom is -0.497 e. The van der Waals surface area contributed by atoms with E-state index < -0.39 is 0 Å². The van der Waals surface area contributed by atoms with E-state index in [9.17, 15) is 4.79 Å². The molecule has 5 heteroatoms. The van der Waals surface area contributed by atoms with Gasteiger partial charge in [0.1, 0.15) is 11.4 Å². The summed E-state index contributed by atoms with van der Waals surface area (Å²) in [6.07, 6.45) is 2.99. The van der Waals surface area contributed by atoms with E-state index in [1.165, 1.54) is 0 Å². The van der Waals surface area contributed by atoms with Crippen LogP contribution in [0.5, 0.6) is 5.75 Å². The molecule has 1 aromatic heterocycles. The number of likely N-dealkylation sites (tertiary alicyclic amines) is 1. The number of nitrogens with zero attached hydrogens (tertiary/aromatic N) is 2. The van der Waals surface area contributed by atoms with E-state index in [1.807, 2.05) is 28.5 Å². The molecule has 22 heavy (non-hydrogen) atoms. The minimum atomic E-state index is 0.0395. The number of carbonyl (C=O) groups excluding carboxylic acids is 1. The van der Waals surface area contributed by atoms with Crippen LogP contribution in [0.25, 0.3) is 0 Å². The normalized spacial score (nSPS) is 17.2. The lowest BCUT2D eigenvalue weighted by Gasteiger charge is -2.41. The van der Waals surface area contributed by atoms with Gasteiger partial charge in [0.2, 0.25) is 0 Å². The van der Waals surface area contributed by atoms with Gasteiger partial charge >= 0.3 is 0 Å². The van der Waals surface area contributed by atoms with E-state index in [-0.39, 0.29) is 11.9 Å². The zero-order chi connectivity index (χ0) is 15.5. The molecule has 1 fully saturated rings. The molecule has 4 nitrogen and oxygen atoms in total. The van der Waals surface area contributed by atoms with Gasteiger partial charge < -0.3 is 9.64 Å². The van der Waals surface area contributed by atoms with Gasteiger partial charge in [-0.1, -0.05) is 19.1 Å². The maximum atomic E-state index is 12.6. The van der Waals surface area contributed by atoms with Crippen LogP contribution in [-0.4, -0.2) is 29.4 Å². The zero-order valence-corrected chi connectivity index (χ0v) is 13.7. The Hall–Kier alpha value is -1.88. The summed E-state index contributed by atoms with van der Waals surface area (Å²) in [5, 5.41) is 2.93. The second-order valence-corrected chi connectivity index (χ2v) is 6.40. The number of benzene rings is 1. The summed E-state index contributed by atoms with van der Waals surface area (Å²) in [6.45, 7) is 2.92. The Labute approximate surface area is 134 Å². The molecule has 1 aromatic carbocycles. The Morgan fingerprint density at radius 2 is 2.36 bits per heavy atom. The highest BCUT2D eigenvalue weighted by Crippen LogP contribution is 2.35. The van der Waals surface area contributed by atoms with Crippen LogP contribution in [0.1, 0.15) is 46.9 Å². The summed E-state index contributed by atoms with van der Waals surface area (Å²) in [4.78, 5) is 19.0. The zero-order valence-electron chi connectivity index (χ0n) is 12.9. The average molecular weight is 316 g/mol. The SMILES string of the molecule is CCCc1nc(C(=O)N2CCC2c2cccc(OC)c2)cs1. The Morgan fingerprint density at radius 1 is 1.50 bits per heavy atom. The van der Waals surface area contributed by atoms with Crippen LogP contribution < -0.4 is 4.74 Å². The lowest BCUT2D eigenvalue weighted by molar-refractivity contribution is 0.0454. The summed E-state index contributed by atoms with van der Waals surface area (Å²) >= 11 is 1.58. The standard InChI is InChI=1S/C17H20N2O2S/c1-3-5-16-18-14(11-22-16)17(20)19-9-8-15(19)12-6-4-7-13(10-12)21-2/h4,6-7,10-11,15H,3,5,8-9H2,1-2H3. The molecule has 0 N–H and O–H groups in total. The van der Waals surface area contributed by atoms with Crippen LogP contribution in [0.4, 0.5) is 0 Å². The van der Waals surface area contributed by atoms with Crippen molar-refractivity contribution in [3.05, 3.63) is 45.9 Å². The second kappa shape index (κ2) is 6.48. The number of amides is 1. The highest BCUT2D eigenvalue weighted by molar-refractivity contribution is 7.09. The summed E-state index contributed by atoms with van der Waals surface area (Å²) in [5.41, 5.74) is 1.71. The van der Waals surface area contributed by atoms with Crippen molar-refractivity contribution in [1.82, 2.24) is 9.88 Å². The Bertz CT molecular complexity index is 668. The number of aryl methyl sites for hydroxylation is 1. The van der Waals surface area contributed by atoms with E-state index in [0.717, 1.165) is 42.1 Å². The van der Waals surface area contributed by atoms with E-state index in [4.69, 9.17) is 4.74 Å². The van der Waals surface area contributed by atoms with Gasteiger partial charge in [-0.2, -0.15) is 0 Å². The third-order valence-corrected chi connectivity index (χ3v) is 4.90. The molecule has 2 heterocycles. The van der Waals surface area contributed by atoms with Crippen LogP contribution in [0, 0.1) is 0 Å². The Morgan fingerprint density at radius 3 is 3.05 bits per heavy atom. The molecule has 1 amide bonds. The quantitative estimate of drug-likeness (QED) is 0.845. The maximum absolute atomic E-state index is 12.6. The van der Waals surface area contributed by atoms with Crippen molar-refractivity contribution in [1.29, 1.82) is 0 Å². The number of ether oxygens (including phenoxy) is 1. The van der Waals surface area contributed by atoms with Gasteiger partial charge in [0, 0.05) is 11.9 Å². The number of carbonyl (C=O) groups is 1. The lowest BCUT2D eigenvalue weighted by atomic mass is 9.94. The number of methoxy groups -OCH3 is 1. The van der Waals surface area contributed by atoms with Gasteiger partial charge in [0.25, 0.3) is 5.91 Å². The maximum Gasteiger partial charge on any atom is 0.273 e. The Kier molecular flexibility index (Phi) is 4.43. The first-order valence-corrected chi connectivity index (χ1v) is 8.50.